The lowest BCUT2D eigenvalue weighted by molar-refractivity contribution is -0.143. The molecule has 0 saturated carbocycles. The number of hydrogen-bond acceptors (Lipinski definition) is 22. The Bertz CT molecular complexity index is 4010. The van der Waals surface area contributed by atoms with Crippen LogP contribution < -0.4 is 69.1 Å². The number of aliphatic hydroxyl groups is 1. The van der Waals surface area contributed by atoms with Crippen LogP contribution >= 0.6 is 21.6 Å². The lowest BCUT2D eigenvalue weighted by atomic mass is 9.99. The predicted octanol–water partition coefficient (Wildman–Crippen LogP) is -2.26. The Morgan fingerprint density at radius 1 is 0.579 bits per heavy atom. The number of carboxylic acids is 2. The maximum absolute atomic E-state index is 15.1. The molecule has 618 valence electrons. The quantitative estimate of drug-likeness (QED) is 0.0230. The van der Waals surface area contributed by atoms with E-state index in [2.05, 4.69) is 69.1 Å². The Morgan fingerprint density at radius 3 is 1.68 bits per heavy atom. The van der Waals surface area contributed by atoms with E-state index in [9.17, 15) is 87.9 Å². The summed E-state index contributed by atoms with van der Waals surface area (Å²) in [6.07, 6.45) is -4.68. The summed E-state index contributed by atoms with van der Waals surface area (Å²) in [5.41, 5.74) is 2.63. The number of likely N-dealkylation sites (tertiary alicyclic amines) is 1. The van der Waals surface area contributed by atoms with E-state index in [0.717, 1.165) is 39.6 Å². The molecule has 4 aromatic carbocycles. The molecule has 36 nitrogen and oxygen atoms in total. The number of likely N-dealkylation sites (N-methyl/N-ethyl adjacent to an activating group) is 1. The molecule has 2 heterocycles. The number of benzene rings is 4. The highest BCUT2D eigenvalue weighted by Crippen LogP contribution is 2.27. The van der Waals surface area contributed by atoms with Gasteiger partial charge in [-0.25, -0.2) is 0 Å². The molecular formula is C76H101N15O21S2. The molecule has 0 aromatic heterocycles. The van der Waals surface area contributed by atoms with Gasteiger partial charge in [0.25, 0.3) is 0 Å². The predicted molar refractivity (Wildman–Crippen MR) is 417 cm³/mol. The number of nitrogens with one attached hydrogen (secondary N) is 13. The third kappa shape index (κ3) is 31.0. The van der Waals surface area contributed by atoms with Crippen LogP contribution in [0.3, 0.4) is 0 Å². The average Bonchev–Trinajstić information content (AvgIpc) is 1.65. The minimum atomic E-state index is -2.09. The van der Waals surface area contributed by atoms with E-state index in [0.29, 0.717) is 16.7 Å². The molecule has 114 heavy (non-hydrogen) atoms. The number of hydrogen-bond donors (Lipinski definition) is 18. The summed E-state index contributed by atoms with van der Waals surface area (Å²) < 4.78 is 0. The standard InChI is InChI=1S/C76H101N15O21S2/c1-7-77-67(103)56(36-64(99)100)85-70(106)55(34-46-15-21-50(22-16-46)49-12-9-8-10-13-49)84-73(109)60-41-114-113-40-59(87-74(110)61-14-11-29-91(61)76(112)58(32-42(2)3)81-63(98)39-90(30-27-78-44(5)93)31-28-79-45(6)94)72(108)86-57(37-65(101)102)71(107)83-54(35-48-19-25-52(96)26-20-48)69(105)82-53(33-47-17-23-51(95)24-18-47)68(104)80-38-62(97)89-66(43(4)92)75(111)88-60/h8-10,12-13,15-26,42-43,53-61,66,92,95-96H,7,11,14,27-41H2,1-6H3,(H,77,103)(H,78,93)(H,79,94)(H,80,104)(H,81,98)(H,82,105)(H,83,107)(H,84,109)(H,85,106)(H,86,108)(H,87,110)(H,88,111)(H,89,97)(H,99,100)(H,101,102)/t43?,53-,54-,55-,56-,57-,58?,59-,60-,61-,66-/m0/s1. The van der Waals surface area contributed by atoms with E-state index >= 15 is 14.4 Å². The number of aromatic hydroxyl groups is 2. The van der Waals surface area contributed by atoms with Crippen molar-refractivity contribution in [3.8, 4) is 22.6 Å². The second-order valence-electron chi connectivity index (χ2n) is 27.8. The third-order valence-electron chi connectivity index (χ3n) is 18.0. The Labute approximate surface area is 665 Å². The van der Waals surface area contributed by atoms with Crippen LogP contribution in [0.25, 0.3) is 11.1 Å². The fourth-order valence-corrected chi connectivity index (χ4v) is 14.6. The van der Waals surface area contributed by atoms with Crippen molar-refractivity contribution in [2.24, 2.45) is 5.92 Å². The van der Waals surface area contributed by atoms with Crippen molar-refractivity contribution in [3.63, 3.8) is 0 Å². The summed E-state index contributed by atoms with van der Waals surface area (Å²) in [7, 11) is 1.49. The largest absolute Gasteiger partial charge is 0.508 e. The molecule has 2 unspecified atom stereocenters. The summed E-state index contributed by atoms with van der Waals surface area (Å²) in [6, 6.07) is 9.59. The minimum Gasteiger partial charge on any atom is -0.508 e. The fourth-order valence-electron chi connectivity index (χ4n) is 12.2. The number of aliphatic hydroxyl groups excluding tert-OH is 1. The zero-order valence-electron chi connectivity index (χ0n) is 64.0. The number of rotatable bonds is 32. The number of carbonyl (C=O) groups excluding carboxylic acids is 14. The van der Waals surface area contributed by atoms with E-state index in [4.69, 9.17) is 0 Å². The van der Waals surface area contributed by atoms with Crippen LogP contribution in [-0.4, -0.2) is 260 Å². The lowest BCUT2D eigenvalue weighted by Gasteiger charge is -2.31. The molecule has 6 rings (SSSR count). The molecule has 2 aliphatic heterocycles. The smallest absolute Gasteiger partial charge is 0.305 e. The second-order valence-corrected chi connectivity index (χ2v) is 30.3. The van der Waals surface area contributed by atoms with Crippen LogP contribution in [0.4, 0.5) is 0 Å². The Balaban J connectivity index is 1.42. The SMILES string of the molecule is CCNC(=O)[C@H](CC(=O)O)NC(=O)[C@H](Cc1ccc(-c2ccccc2)cc1)NC(=O)[C@@H]1CSSC[C@H](NC(=O)[C@@H]2CCCN2C(=O)C(CC(C)C)NC(=O)CN(CCNC(C)=O)CCNC(C)=O)C(=O)N[C@@H](CC(=O)O)C(=O)N[C@@H](Cc2ccc(O)cc2)C(=O)N[C@@H](Cc2ccc(O)cc2)C(=O)NCC(=O)N[C@@H](C(C)O)C(=O)N1. The molecule has 38 heteroatoms. The van der Waals surface area contributed by atoms with Crippen LogP contribution in [-0.2, 0) is 96.0 Å². The average molecular weight is 1620 g/mol. The molecular weight excluding hydrogens is 1520 g/mol. The molecule has 0 spiro atoms. The lowest BCUT2D eigenvalue weighted by Crippen LogP contribution is -2.61. The fraction of sp³-hybridized carbons (Fsp3) is 0.474. The molecule has 0 aliphatic carbocycles. The first kappa shape index (κ1) is 91.5. The number of phenolic OH excluding ortho intramolecular Hbond substituents is 2. The van der Waals surface area contributed by atoms with E-state index in [1.807, 2.05) is 30.3 Å². The van der Waals surface area contributed by atoms with E-state index in [1.165, 1.54) is 67.3 Å². The normalized spacial score (nSPS) is 19.9. The summed E-state index contributed by atoms with van der Waals surface area (Å²) in [5.74, 6) is -17.9. The second kappa shape index (κ2) is 46.0. The topological polar surface area (TPSA) is 537 Å². The number of amides is 14. The Kier molecular flexibility index (Phi) is 36.9. The molecule has 2 saturated heterocycles. The molecule has 11 atom stereocenters. The first-order valence-electron chi connectivity index (χ1n) is 37.0. The number of nitrogens with zero attached hydrogens (tertiary/aromatic N) is 2. The van der Waals surface area contributed by atoms with Gasteiger partial charge in [-0.15, -0.1) is 0 Å². The first-order valence-corrected chi connectivity index (χ1v) is 39.5. The maximum Gasteiger partial charge on any atom is 0.305 e. The molecule has 4 aromatic rings. The van der Waals surface area contributed by atoms with Crippen molar-refractivity contribution in [1.29, 1.82) is 0 Å². The first-order chi connectivity index (χ1) is 54.2. The molecule has 0 bridgehead atoms. The Morgan fingerprint density at radius 2 is 1.13 bits per heavy atom. The monoisotopic (exact) mass is 1620 g/mol. The van der Waals surface area contributed by atoms with Gasteiger partial charge in [0.15, 0.2) is 0 Å². The van der Waals surface area contributed by atoms with E-state index < -0.39 is 187 Å². The number of phenols is 2. The van der Waals surface area contributed by atoms with Gasteiger partial charge in [-0.2, -0.15) is 0 Å². The molecule has 2 aliphatic rings. The van der Waals surface area contributed by atoms with Gasteiger partial charge in [0.1, 0.15) is 71.9 Å². The van der Waals surface area contributed by atoms with Crippen LogP contribution in [0.1, 0.15) is 90.3 Å². The van der Waals surface area contributed by atoms with Crippen molar-refractivity contribution >= 4 is 116 Å². The van der Waals surface area contributed by atoms with Gasteiger partial charge in [0.05, 0.1) is 32.0 Å². The third-order valence-corrected chi connectivity index (χ3v) is 20.4. The van der Waals surface area contributed by atoms with Crippen LogP contribution in [0, 0.1) is 5.92 Å². The summed E-state index contributed by atoms with van der Waals surface area (Å²) in [4.78, 5) is 226. The van der Waals surface area contributed by atoms with Crippen molar-refractivity contribution in [3.05, 3.63) is 120 Å². The maximum atomic E-state index is 15.1. The highest BCUT2D eigenvalue weighted by Gasteiger charge is 2.42. The van der Waals surface area contributed by atoms with Gasteiger partial charge in [-0.05, 0) is 91.1 Å². The van der Waals surface area contributed by atoms with E-state index in [1.54, 1.807) is 49.9 Å². The van der Waals surface area contributed by atoms with Gasteiger partial charge >= 0.3 is 11.9 Å². The van der Waals surface area contributed by atoms with Gasteiger partial charge in [-0.1, -0.05) is 114 Å². The van der Waals surface area contributed by atoms with Gasteiger partial charge < -0.3 is 99.6 Å². The van der Waals surface area contributed by atoms with Gasteiger partial charge in [0.2, 0.25) is 82.7 Å². The molecule has 14 amide bonds. The van der Waals surface area contributed by atoms with Crippen LogP contribution in [0.2, 0.25) is 0 Å². The summed E-state index contributed by atoms with van der Waals surface area (Å²) >= 11 is 0. The number of aliphatic carboxylic acids is 2. The number of carbonyl (C=O) groups is 16. The minimum absolute atomic E-state index is 0.00320. The summed E-state index contributed by atoms with van der Waals surface area (Å²) in [6.45, 7) is 8.28. The molecule has 2 fully saturated rings. The molecule has 18 N–H and O–H groups in total. The van der Waals surface area contributed by atoms with Crippen molar-refractivity contribution in [2.75, 3.05) is 63.9 Å². The van der Waals surface area contributed by atoms with Gasteiger partial charge in [-0.3, -0.25) is 81.6 Å². The zero-order chi connectivity index (χ0) is 83.7. The zero-order valence-corrected chi connectivity index (χ0v) is 65.6. The van der Waals surface area contributed by atoms with Crippen LogP contribution in [0.15, 0.2) is 103 Å². The highest BCUT2D eigenvalue weighted by molar-refractivity contribution is 8.76. The van der Waals surface area contributed by atoms with Crippen LogP contribution in [0.5, 0.6) is 11.5 Å². The summed E-state index contributed by atoms with van der Waals surface area (Å²) in [5, 5.41) is 84.5. The van der Waals surface area contributed by atoms with Crippen molar-refractivity contribution in [2.45, 2.75) is 159 Å². The molecule has 0 radical (unpaired) electrons. The van der Waals surface area contributed by atoms with E-state index in [-0.39, 0.29) is 107 Å². The Hall–Kier alpha value is -11.4. The van der Waals surface area contributed by atoms with Crippen molar-refractivity contribution in [1.82, 2.24) is 78.9 Å². The highest BCUT2D eigenvalue weighted by atomic mass is 33.1. The van der Waals surface area contributed by atoms with Crippen molar-refractivity contribution < 1.29 is 102 Å². The van der Waals surface area contributed by atoms with Gasteiger partial charge in [0, 0.05) is 83.9 Å². The number of carboxylic acid groups (broad SMARTS) is 2.